The Balaban J connectivity index is 2.34. The van der Waals surface area contributed by atoms with Crippen molar-refractivity contribution in [2.45, 2.75) is 70.8 Å². The molecule has 0 amide bonds. The number of carboxylic acid groups (broad SMARTS) is 1. The van der Waals surface area contributed by atoms with Gasteiger partial charge < -0.3 is 10.2 Å². The first kappa shape index (κ1) is 19.6. The van der Waals surface area contributed by atoms with Crippen LogP contribution >= 0.6 is 0 Å². The average molecular weight is 322 g/mol. The van der Waals surface area contributed by atoms with Crippen molar-refractivity contribution in [1.82, 2.24) is 0 Å². The van der Waals surface area contributed by atoms with E-state index in [1.54, 1.807) is 0 Å². The molecular formula is C19H30O4. The minimum atomic E-state index is -0.745. The van der Waals surface area contributed by atoms with Gasteiger partial charge in [-0.25, -0.2) is 0 Å². The third-order valence-electron chi connectivity index (χ3n) is 4.39. The molecule has 0 spiro atoms. The van der Waals surface area contributed by atoms with Gasteiger partial charge in [-0.2, -0.15) is 0 Å². The highest BCUT2D eigenvalue weighted by Crippen LogP contribution is 2.32. The third kappa shape index (κ3) is 8.12. The Bertz CT molecular complexity index is 425. The van der Waals surface area contributed by atoms with Crippen molar-refractivity contribution in [3.63, 3.8) is 0 Å². The molecule has 0 heterocycles. The van der Waals surface area contributed by atoms with Gasteiger partial charge in [0.2, 0.25) is 0 Å². The lowest BCUT2D eigenvalue weighted by atomic mass is 9.91. The second-order valence-corrected chi connectivity index (χ2v) is 6.36. The molecule has 1 saturated carbocycles. The molecule has 130 valence electrons. The zero-order valence-corrected chi connectivity index (χ0v) is 14.1. The fourth-order valence-electron chi connectivity index (χ4n) is 3.03. The molecule has 0 aromatic heterocycles. The largest absolute Gasteiger partial charge is 0.481 e. The van der Waals surface area contributed by atoms with E-state index in [1.165, 1.54) is 0 Å². The van der Waals surface area contributed by atoms with Crippen LogP contribution in [0.15, 0.2) is 24.3 Å². The molecule has 0 aromatic carbocycles. The highest BCUT2D eigenvalue weighted by molar-refractivity contribution is 5.83. The molecule has 23 heavy (non-hydrogen) atoms. The van der Waals surface area contributed by atoms with Crippen LogP contribution in [0.25, 0.3) is 0 Å². The Hall–Kier alpha value is -1.42. The van der Waals surface area contributed by atoms with E-state index < -0.39 is 12.1 Å². The zero-order chi connectivity index (χ0) is 17.1. The molecule has 0 radical (unpaired) electrons. The Morgan fingerprint density at radius 3 is 2.83 bits per heavy atom. The van der Waals surface area contributed by atoms with Gasteiger partial charge >= 0.3 is 5.97 Å². The molecule has 0 saturated heterocycles. The van der Waals surface area contributed by atoms with Crippen LogP contribution in [0.1, 0.15) is 64.7 Å². The zero-order valence-electron chi connectivity index (χ0n) is 14.1. The molecular weight excluding hydrogens is 292 g/mol. The number of Topliss-reactive ketones (excluding diaryl/α,β-unsaturated/α-hetero) is 1. The summed E-state index contributed by atoms with van der Waals surface area (Å²) in [5.74, 6) is -0.147. The van der Waals surface area contributed by atoms with Gasteiger partial charge in [0.05, 0.1) is 6.10 Å². The Kier molecular flexibility index (Phi) is 9.53. The lowest BCUT2D eigenvalue weighted by Gasteiger charge is -2.13. The topological polar surface area (TPSA) is 74.6 Å². The van der Waals surface area contributed by atoms with Crippen LogP contribution in [0.4, 0.5) is 0 Å². The van der Waals surface area contributed by atoms with E-state index in [2.05, 4.69) is 12.2 Å². The molecule has 0 aromatic rings. The number of hydrogen-bond acceptors (Lipinski definition) is 3. The summed E-state index contributed by atoms with van der Waals surface area (Å²) >= 11 is 0. The van der Waals surface area contributed by atoms with Crippen LogP contribution in [-0.4, -0.2) is 28.1 Å². The van der Waals surface area contributed by atoms with Crippen LogP contribution < -0.4 is 0 Å². The normalized spacial score (nSPS) is 23.1. The van der Waals surface area contributed by atoms with E-state index in [4.69, 9.17) is 5.11 Å². The summed E-state index contributed by atoms with van der Waals surface area (Å²) in [6, 6.07) is 0. The van der Waals surface area contributed by atoms with Crippen molar-refractivity contribution in [2.75, 3.05) is 0 Å². The number of allylic oxidation sites excluding steroid dienone is 3. The summed E-state index contributed by atoms with van der Waals surface area (Å²) in [6.45, 7) is 2.04. The maximum absolute atomic E-state index is 12.0. The summed E-state index contributed by atoms with van der Waals surface area (Å²) in [5, 5.41) is 18.3. The lowest BCUT2D eigenvalue weighted by molar-refractivity contribution is -0.137. The monoisotopic (exact) mass is 322 g/mol. The molecule has 2 N–H and O–H groups in total. The molecule has 4 heteroatoms. The predicted octanol–water partition coefficient (Wildman–Crippen LogP) is 3.89. The van der Waals surface area contributed by atoms with E-state index >= 15 is 0 Å². The van der Waals surface area contributed by atoms with E-state index in [9.17, 15) is 14.7 Å². The first-order valence-electron chi connectivity index (χ1n) is 8.80. The minimum absolute atomic E-state index is 0.0374. The lowest BCUT2D eigenvalue weighted by Crippen LogP contribution is -2.13. The van der Waals surface area contributed by atoms with E-state index in [1.807, 2.05) is 19.1 Å². The van der Waals surface area contributed by atoms with Gasteiger partial charge in [0.25, 0.3) is 0 Å². The fraction of sp³-hybridized carbons (Fsp3) is 0.684. The van der Waals surface area contributed by atoms with E-state index in [0.717, 1.165) is 38.5 Å². The van der Waals surface area contributed by atoms with Crippen LogP contribution in [-0.2, 0) is 9.59 Å². The first-order valence-corrected chi connectivity index (χ1v) is 8.80. The average Bonchev–Trinajstić information content (AvgIpc) is 2.85. The Morgan fingerprint density at radius 1 is 1.35 bits per heavy atom. The molecule has 1 aliphatic rings. The Labute approximate surface area is 139 Å². The maximum atomic E-state index is 12.0. The van der Waals surface area contributed by atoms with Gasteiger partial charge in [0.1, 0.15) is 5.78 Å². The van der Waals surface area contributed by atoms with E-state index in [-0.39, 0.29) is 18.3 Å². The van der Waals surface area contributed by atoms with E-state index in [0.29, 0.717) is 18.6 Å². The van der Waals surface area contributed by atoms with Gasteiger partial charge in [-0.15, -0.1) is 0 Å². The number of aliphatic carboxylic acids is 1. The molecule has 0 bridgehead atoms. The molecule has 1 fully saturated rings. The number of hydrogen-bond donors (Lipinski definition) is 2. The first-order chi connectivity index (χ1) is 11.0. The maximum Gasteiger partial charge on any atom is 0.303 e. The number of ketones is 1. The quantitative estimate of drug-likeness (QED) is 0.447. The number of unbranched alkanes of at least 4 members (excludes halogenated alkanes) is 2. The van der Waals surface area contributed by atoms with Gasteiger partial charge in [0.15, 0.2) is 0 Å². The highest BCUT2D eigenvalue weighted by Gasteiger charge is 2.31. The number of carbonyl (C=O) groups excluding carboxylic acids is 1. The summed E-state index contributed by atoms with van der Waals surface area (Å²) in [6.07, 6.45) is 14.2. The summed E-state index contributed by atoms with van der Waals surface area (Å²) in [5.41, 5.74) is 0. The smallest absolute Gasteiger partial charge is 0.303 e. The van der Waals surface area contributed by atoms with Gasteiger partial charge in [-0.1, -0.05) is 37.6 Å². The Morgan fingerprint density at radius 2 is 2.13 bits per heavy atom. The van der Waals surface area contributed by atoms with Crippen LogP contribution in [0.2, 0.25) is 0 Å². The molecule has 0 aliphatic heterocycles. The fourth-order valence-corrected chi connectivity index (χ4v) is 3.03. The van der Waals surface area contributed by atoms with Crippen molar-refractivity contribution >= 4 is 11.8 Å². The number of carbonyl (C=O) groups is 2. The predicted molar refractivity (Wildman–Crippen MR) is 91.1 cm³/mol. The van der Waals surface area contributed by atoms with Gasteiger partial charge in [0, 0.05) is 18.8 Å². The minimum Gasteiger partial charge on any atom is -0.481 e. The molecule has 1 rings (SSSR count). The van der Waals surface area contributed by atoms with Crippen molar-refractivity contribution in [3.8, 4) is 0 Å². The molecule has 1 aliphatic carbocycles. The standard InChI is InChI=1S/C19H30O4/c1-2-8-16(20)13-11-15-12-14-18(21)17(15)9-6-4-3-5-7-10-19(22)23/h4,6,11,13,15-17,20H,2-3,5,7-10,12,14H2,1H3,(H,22,23). The second-order valence-electron chi connectivity index (χ2n) is 6.36. The molecule has 3 unspecified atom stereocenters. The van der Waals surface area contributed by atoms with Crippen molar-refractivity contribution < 1.29 is 19.8 Å². The number of aliphatic hydroxyl groups excluding tert-OH is 1. The third-order valence-corrected chi connectivity index (χ3v) is 4.39. The van der Waals surface area contributed by atoms with Crippen LogP contribution in [0.3, 0.4) is 0 Å². The molecule has 4 nitrogen and oxygen atoms in total. The number of carboxylic acids is 1. The summed E-state index contributed by atoms with van der Waals surface area (Å²) in [7, 11) is 0. The SMILES string of the molecule is CCCC(O)C=CC1CCC(=O)C1CC=CCCCCC(=O)O. The number of rotatable bonds is 11. The second kappa shape index (κ2) is 11.2. The van der Waals surface area contributed by atoms with Crippen LogP contribution in [0, 0.1) is 11.8 Å². The molecule has 3 atom stereocenters. The van der Waals surface area contributed by atoms with Crippen LogP contribution in [0.5, 0.6) is 0 Å². The highest BCUT2D eigenvalue weighted by atomic mass is 16.4. The number of aliphatic hydroxyl groups is 1. The van der Waals surface area contributed by atoms with Gasteiger partial charge in [-0.3, -0.25) is 9.59 Å². The van der Waals surface area contributed by atoms with Crippen molar-refractivity contribution in [2.24, 2.45) is 11.8 Å². The summed E-state index contributed by atoms with van der Waals surface area (Å²) < 4.78 is 0. The van der Waals surface area contributed by atoms with Gasteiger partial charge in [-0.05, 0) is 44.4 Å². The van der Waals surface area contributed by atoms with Crippen molar-refractivity contribution in [3.05, 3.63) is 24.3 Å². The summed E-state index contributed by atoms with van der Waals surface area (Å²) in [4.78, 5) is 22.4. The van der Waals surface area contributed by atoms with Crippen molar-refractivity contribution in [1.29, 1.82) is 0 Å².